The zero-order valence-electron chi connectivity index (χ0n) is 29.5. The average molecular weight is 700 g/mol. The highest BCUT2D eigenvalue weighted by Crippen LogP contribution is 2.43. The van der Waals surface area contributed by atoms with E-state index in [0.29, 0.717) is 0 Å². The van der Waals surface area contributed by atoms with Gasteiger partial charge in [0.25, 0.3) is 0 Å². The molecule has 254 valence electrons. The second-order valence-corrected chi connectivity index (χ2v) is 14.8. The monoisotopic (exact) mass is 699 g/mol. The van der Waals surface area contributed by atoms with E-state index in [1.54, 1.807) is 0 Å². The van der Waals surface area contributed by atoms with Crippen LogP contribution >= 0.6 is 0 Å². The van der Waals surface area contributed by atoms with Crippen molar-refractivity contribution >= 4 is 109 Å². The van der Waals surface area contributed by atoms with Crippen LogP contribution in [0.4, 0.5) is 0 Å². The molecule has 0 aliphatic rings. The molecule has 3 heterocycles. The third kappa shape index (κ3) is 3.99. The third-order valence-electron chi connectivity index (χ3n) is 11.9. The molecule has 0 bridgehead atoms. The van der Waals surface area contributed by atoms with Crippen molar-refractivity contribution in [2.24, 2.45) is 0 Å². The number of furan rings is 2. The van der Waals surface area contributed by atoms with Crippen LogP contribution in [0, 0.1) is 0 Å². The van der Waals surface area contributed by atoms with Gasteiger partial charge in [-0.3, -0.25) is 0 Å². The van der Waals surface area contributed by atoms with Crippen molar-refractivity contribution in [2.45, 2.75) is 0 Å². The van der Waals surface area contributed by atoms with E-state index >= 15 is 0 Å². The third-order valence-corrected chi connectivity index (χ3v) is 11.9. The Hall–Kier alpha value is -7.36. The molecule has 3 heteroatoms. The number of para-hydroxylation sites is 2. The molecule has 3 aromatic heterocycles. The highest BCUT2D eigenvalue weighted by atomic mass is 16.3. The predicted octanol–water partition coefficient (Wildman–Crippen LogP) is 14.9. The molecule has 0 unspecified atom stereocenters. The van der Waals surface area contributed by atoms with Gasteiger partial charge in [0, 0.05) is 43.4 Å². The predicted molar refractivity (Wildman–Crippen MR) is 231 cm³/mol. The molecular formula is C52H29NO2. The van der Waals surface area contributed by atoms with Gasteiger partial charge >= 0.3 is 0 Å². The van der Waals surface area contributed by atoms with E-state index in [0.717, 1.165) is 55.0 Å². The first-order valence-electron chi connectivity index (χ1n) is 18.8. The van der Waals surface area contributed by atoms with Crippen LogP contribution in [0.15, 0.2) is 185 Å². The fourth-order valence-electron chi connectivity index (χ4n) is 9.43. The quantitative estimate of drug-likeness (QED) is 0.168. The molecule has 0 saturated heterocycles. The van der Waals surface area contributed by atoms with Gasteiger partial charge in [0.2, 0.25) is 0 Å². The first-order chi connectivity index (χ1) is 27.2. The number of nitrogens with zero attached hydrogens (tertiary/aromatic N) is 1. The molecule has 0 saturated carbocycles. The largest absolute Gasteiger partial charge is 0.456 e. The van der Waals surface area contributed by atoms with E-state index in [4.69, 9.17) is 8.83 Å². The molecule has 0 radical (unpaired) electrons. The summed E-state index contributed by atoms with van der Waals surface area (Å²) in [6.07, 6.45) is 0. The second kappa shape index (κ2) is 10.6. The molecule has 0 fully saturated rings. The van der Waals surface area contributed by atoms with Crippen LogP contribution in [0.25, 0.3) is 126 Å². The van der Waals surface area contributed by atoms with Crippen molar-refractivity contribution in [1.29, 1.82) is 0 Å². The first-order valence-corrected chi connectivity index (χ1v) is 18.8. The maximum atomic E-state index is 6.81. The Morgan fingerprint density at radius 1 is 0.309 bits per heavy atom. The summed E-state index contributed by atoms with van der Waals surface area (Å²) in [6.45, 7) is 0. The Morgan fingerprint density at radius 3 is 1.78 bits per heavy atom. The number of hydrogen-bond donors (Lipinski definition) is 0. The van der Waals surface area contributed by atoms with E-state index in [2.05, 4.69) is 168 Å². The van der Waals surface area contributed by atoms with Gasteiger partial charge in [-0.2, -0.15) is 0 Å². The summed E-state index contributed by atoms with van der Waals surface area (Å²) in [5.41, 5.74) is 9.54. The Kier molecular flexibility index (Phi) is 5.63. The molecule has 13 aromatic rings. The highest BCUT2D eigenvalue weighted by molar-refractivity contribution is 6.32. The summed E-state index contributed by atoms with van der Waals surface area (Å²) >= 11 is 0. The van der Waals surface area contributed by atoms with Crippen molar-refractivity contribution in [3.05, 3.63) is 176 Å². The minimum atomic E-state index is 0.903. The SMILES string of the molecule is c1ccc2c(c1)oc1ccc(-n3c4ccccc4c4cc(-c5ccc6cc7oc8c(ccc9c%10ccccc%10c%10ccccc%10c98)c7cc6c5)ccc43)cc12. The Balaban J connectivity index is 0.985. The van der Waals surface area contributed by atoms with Crippen LogP contribution in [0.3, 0.4) is 0 Å². The van der Waals surface area contributed by atoms with Crippen LogP contribution in [0.1, 0.15) is 0 Å². The molecule has 13 rings (SSSR count). The van der Waals surface area contributed by atoms with Gasteiger partial charge in [0.15, 0.2) is 0 Å². The summed E-state index contributed by atoms with van der Waals surface area (Å²) < 4.78 is 15.4. The van der Waals surface area contributed by atoms with Gasteiger partial charge in [0.1, 0.15) is 22.3 Å². The number of fused-ring (bicyclic) bond motifs is 17. The summed E-state index contributed by atoms with van der Waals surface area (Å²) in [4.78, 5) is 0. The second-order valence-electron chi connectivity index (χ2n) is 14.8. The number of hydrogen-bond acceptors (Lipinski definition) is 2. The fraction of sp³-hybridized carbons (Fsp3) is 0. The van der Waals surface area contributed by atoms with Crippen molar-refractivity contribution in [2.75, 3.05) is 0 Å². The van der Waals surface area contributed by atoms with Crippen LogP contribution < -0.4 is 0 Å². The summed E-state index contributed by atoms with van der Waals surface area (Å²) in [5.74, 6) is 0. The van der Waals surface area contributed by atoms with E-state index in [-0.39, 0.29) is 0 Å². The normalized spacial score (nSPS) is 12.4. The van der Waals surface area contributed by atoms with Gasteiger partial charge in [-0.05, 0) is 116 Å². The molecule has 0 aliphatic heterocycles. The smallest absolute Gasteiger partial charge is 0.143 e. The van der Waals surface area contributed by atoms with E-state index in [1.165, 1.54) is 70.6 Å². The Labute approximate surface area is 313 Å². The zero-order chi connectivity index (χ0) is 35.8. The average Bonchev–Trinajstić information content (AvgIpc) is 3.91. The lowest BCUT2D eigenvalue weighted by Gasteiger charge is -2.10. The molecule has 0 aliphatic carbocycles. The van der Waals surface area contributed by atoms with Gasteiger partial charge in [0.05, 0.1) is 11.0 Å². The lowest BCUT2D eigenvalue weighted by molar-refractivity contribution is 0.669. The highest BCUT2D eigenvalue weighted by Gasteiger charge is 2.18. The van der Waals surface area contributed by atoms with Crippen LogP contribution in [-0.2, 0) is 0 Å². The van der Waals surface area contributed by atoms with Gasteiger partial charge < -0.3 is 13.4 Å². The number of aromatic nitrogens is 1. The molecule has 55 heavy (non-hydrogen) atoms. The standard InChI is InChI=1S/C52H29NO2/c1-2-11-37-35(9-1)36-10-3-4-14-40(36)51-41(37)21-22-42-44-27-33-25-30(17-18-32(33)28-50(44)55-52(42)51)31-19-23-47-43(26-31)38-12-5-7-15-46(38)53(47)34-20-24-49-45(29-34)39-13-6-8-16-48(39)54-49/h1-29H. The Morgan fingerprint density at radius 2 is 0.927 bits per heavy atom. The molecule has 10 aromatic carbocycles. The maximum absolute atomic E-state index is 6.81. The van der Waals surface area contributed by atoms with Crippen LogP contribution in [-0.4, -0.2) is 4.57 Å². The molecule has 0 N–H and O–H groups in total. The topological polar surface area (TPSA) is 31.2 Å². The minimum absolute atomic E-state index is 0.903. The van der Waals surface area contributed by atoms with Crippen molar-refractivity contribution in [1.82, 2.24) is 4.57 Å². The Bertz CT molecular complexity index is 3750. The fourth-order valence-corrected chi connectivity index (χ4v) is 9.43. The van der Waals surface area contributed by atoms with E-state index in [1.807, 2.05) is 12.1 Å². The van der Waals surface area contributed by atoms with Crippen molar-refractivity contribution < 1.29 is 8.83 Å². The van der Waals surface area contributed by atoms with E-state index < -0.39 is 0 Å². The first kappa shape index (κ1) is 29.1. The molecular weight excluding hydrogens is 671 g/mol. The molecule has 3 nitrogen and oxygen atoms in total. The lowest BCUT2D eigenvalue weighted by atomic mass is 9.93. The summed E-state index contributed by atoms with van der Waals surface area (Å²) in [5, 5.41) is 16.8. The summed E-state index contributed by atoms with van der Waals surface area (Å²) in [6, 6.07) is 63.7. The molecule has 0 amide bonds. The number of rotatable bonds is 2. The van der Waals surface area contributed by atoms with Crippen molar-refractivity contribution in [3.8, 4) is 16.8 Å². The van der Waals surface area contributed by atoms with Crippen LogP contribution in [0.5, 0.6) is 0 Å². The minimum Gasteiger partial charge on any atom is -0.456 e. The summed E-state index contributed by atoms with van der Waals surface area (Å²) in [7, 11) is 0. The van der Waals surface area contributed by atoms with Gasteiger partial charge in [-0.15, -0.1) is 0 Å². The van der Waals surface area contributed by atoms with Crippen LogP contribution in [0.2, 0.25) is 0 Å². The number of benzene rings is 10. The molecule has 0 spiro atoms. The lowest BCUT2D eigenvalue weighted by Crippen LogP contribution is -1.93. The van der Waals surface area contributed by atoms with Crippen molar-refractivity contribution in [3.63, 3.8) is 0 Å². The molecule has 0 atom stereocenters. The van der Waals surface area contributed by atoms with Gasteiger partial charge in [-0.25, -0.2) is 0 Å². The maximum Gasteiger partial charge on any atom is 0.143 e. The van der Waals surface area contributed by atoms with Gasteiger partial charge in [-0.1, -0.05) is 109 Å². The zero-order valence-corrected chi connectivity index (χ0v) is 29.5. The van der Waals surface area contributed by atoms with E-state index in [9.17, 15) is 0 Å².